The monoisotopic (exact) mass is 444 g/mol. The molecule has 0 saturated heterocycles. The van der Waals surface area contributed by atoms with Gasteiger partial charge in [0.05, 0.1) is 25.0 Å². The first-order chi connectivity index (χ1) is 15.5. The summed E-state index contributed by atoms with van der Waals surface area (Å²) < 4.78 is 43.6. The number of hydrogen-bond donors (Lipinski definition) is 1. The maximum Gasteiger partial charge on any atom is 0.220 e. The van der Waals surface area contributed by atoms with Gasteiger partial charge in [-0.15, -0.1) is 0 Å². The molecule has 0 atom stereocenters. The zero-order valence-electron chi connectivity index (χ0n) is 18.1. The standard InChI is InChI=1S/C24H26F2N2O4/c1-3-30-20-8-5-16(13-21(20)31-4-2)11-12-27-23(29)9-10-24-28-15-22(32-24)18-7-6-17(25)14-19(18)26/h5-8,13-15H,3-4,9-12H2,1-2H3,(H,27,29). The van der Waals surface area contributed by atoms with Gasteiger partial charge in [0.1, 0.15) is 11.6 Å². The predicted molar refractivity (Wildman–Crippen MR) is 116 cm³/mol. The van der Waals surface area contributed by atoms with Crippen molar-refractivity contribution in [3.63, 3.8) is 0 Å². The maximum atomic E-state index is 13.9. The number of amides is 1. The van der Waals surface area contributed by atoms with Crippen LogP contribution in [0.3, 0.4) is 0 Å². The first kappa shape index (κ1) is 23.2. The molecule has 2 aromatic carbocycles. The van der Waals surface area contributed by atoms with Crippen molar-refractivity contribution < 1.29 is 27.5 Å². The molecule has 170 valence electrons. The number of oxazole rings is 1. The summed E-state index contributed by atoms with van der Waals surface area (Å²) in [5.74, 6) is 0.358. The Hall–Kier alpha value is -3.42. The number of benzene rings is 2. The fourth-order valence-electron chi connectivity index (χ4n) is 3.15. The van der Waals surface area contributed by atoms with Gasteiger partial charge in [-0.05, 0) is 50.1 Å². The molecule has 0 aliphatic heterocycles. The topological polar surface area (TPSA) is 73.6 Å². The van der Waals surface area contributed by atoms with Crippen LogP contribution in [-0.2, 0) is 17.6 Å². The summed E-state index contributed by atoms with van der Waals surface area (Å²) in [6, 6.07) is 8.96. The van der Waals surface area contributed by atoms with E-state index >= 15 is 0 Å². The van der Waals surface area contributed by atoms with Crippen molar-refractivity contribution in [3.05, 3.63) is 65.7 Å². The molecule has 0 radical (unpaired) electrons. The molecule has 1 amide bonds. The number of carbonyl (C=O) groups excluding carboxylic acids is 1. The molecule has 0 bridgehead atoms. The average Bonchev–Trinajstić information content (AvgIpc) is 3.23. The number of halogens is 2. The van der Waals surface area contributed by atoms with E-state index in [9.17, 15) is 13.6 Å². The lowest BCUT2D eigenvalue weighted by molar-refractivity contribution is -0.121. The van der Waals surface area contributed by atoms with E-state index < -0.39 is 11.6 Å². The van der Waals surface area contributed by atoms with Crippen molar-refractivity contribution in [2.24, 2.45) is 0 Å². The quantitative estimate of drug-likeness (QED) is 0.464. The number of ether oxygens (including phenoxy) is 2. The summed E-state index contributed by atoms with van der Waals surface area (Å²) >= 11 is 0. The third kappa shape index (κ3) is 6.29. The molecule has 1 N–H and O–H groups in total. The van der Waals surface area contributed by atoms with Crippen molar-refractivity contribution >= 4 is 5.91 Å². The molecule has 0 fully saturated rings. The molecule has 32 heavy (non-hydrogen) atoms. The molecule has 1 heterocycles. The van der Waals surface area contributed by atoms with E-state index in [2.05, 4.69) is 10.3 Å². The minimum Gasteiger partial charge on any atom is -0.490 e. The number of carbonyl (C=O) groups is 1. The second-order valence-corrected chi connectivity index (χ2v) is 6.99. The van der Waals surface area contributed by atoms with E-state index in [1.54, 1.807) is 0 Å². The summed E-state index contributed by atoms with van der Waals surface area (Å²) in [4.78, 5) is 16.2. The Morgan fingerprint density at radius 1 is 1.03 bits per heavy atom. The number of nitrogens with zero attached hydrogens (tertiary/aromatic N) is 1. The molecule has 3 aromatic rings. The second kappa shape index (κ2) is 11.3. The van der Waals surface area contributed by atoms with Crippen LogP contribution in [0.2, 0.25) is 0 Å². The van der Waals surface area contributed by atoms with Gasteiger partial charge in [0.15, 0.2) is 23.1 Å². The second-order valence-electron chi connectivity index (χ2n) is 6.99. The fourth-order valence-corrected chi connectivity index (χ4v) is 3.15. The van der Waals surface area contributed by atoms with Crippen LogP contribution >= 0.6 is 0 Å². The maximum absolute atomic E-state index is 13.9. The normalized spacial score (nSPS) is 10.8. The Labute approximate surface area is 185 Å². The van der Waals surface area contributed by atoms with Crippen LogP contribution in [-0.4, -0.2) is 30.6 Å². The van der Waals surface area contributed by atoms with Gasteiger partial charge in [0.25, 0.3) is 0 Å². The average molecular weight is 444 g/mol. The lowest BCUT2D eigenvalue weighted by Gasteiger charge is -2.12. The molecule has 0 saturated carbocycles. The van der Waals surface area contributed by atoms with Crippen molar-refractivity contribution in [1.82, 2.24) is 10.3 Å². The SMILES string of the molecule is CCOc1ccc(CCNC(=O)CCc2ncc(-c3ccc(F)cc3F)o2)cc1OCC. The zero-order chi connectivity index (χ0) is 22.9. The molecule has 1 aromatic heterocycles. The van der Waals surface area contributed by atoms with Crippen LogP contribution in [0.5, 0.6) is 11.5 Å². The molecular formula is C24H26F2N2O4. The highest BCUT2D eigenvalue weighted by Gasteiger charge is 2.13. The molecule has 8 heteroatoms. The van der Waals surface area contributed by atoms with Gasteiger partial charge >= 0.3 is 0 Å². The van der Waals surface area contributed by atoms with E-state index in [-0.39, 0.29) is 30.1 Å². The van der Waals surface area contributed by atoms with Gasteiger partial charge < -0.3 is 19.2 Å². The highest BCUT2D eigenvalue weighted by molar-refractivity contribution is 5.76. The van der Waals surface area contributed by atoms with Gasteiger partial charge in [-0.1, -0.05) is 6.07 Å². The first-order valence-electron chi connectivity index (χ1n) is 10.6. The van der Waals surface area contributed by atoms with Crippen LogP contribution in [0.15, 0.2) is 47.0 Å². The van der Waals surface area contributed by atoms with E-state index in [0.717, 1.165) is 17.7 Å². The minimum absolute atomic E-state index is 0.122. The van der Waals surface area contributed by atoms with Gasteiger partial charge in [0, 0.05) is 25.5 Å². The first-order valence-corrected chi connectivity index (χ1v) is 10.6. The minimum atomic E-state index is -0.729. The molecule has 0 unspecified atom stereocenters. The molecule has 6 nitrogen and oxygen atoms in total. The molecule has 0 aliphatic rings. The van der Waals surface area contributed by atoms with Crippen molar-refractivity contribution in [2.45, 2.75) is 33.1 Å². The molecular weight excluding hydrogens is 418 g/mol. The van der Waals surface area contributed by atoms with E-state index in [4.69, 9.17) is 13.9 Å². The Kier molecular flexibility index (Phi) is 8.19. The van der Waals surface area contributed by atoms with Gasteiger partial charge in [-0.3, -0.25) is 4.79 Å². The number of aromatic nitrogens is 1. The van der Waals surface area contributed by atoms with Crippen LogP contribution in [0.1, 0.15) is 31.7 Å². The Morgan fingerprint density at radius 3 is 2.56 bits per heavy atom. The van der Waals surface area contributed by atoms with Crippen molar-refractivity contribution in [3.8, 4) is 22.8 Å². The summed E-state index contributed by atoms with van der Waals surface area (Å²) in [6.07, 6.45) is 2.46. The van der Waals surface area contributed by atoms with Crippen molar-refractivity contribution in [1.29, 1.82) is 0 Å². The summed E-state index contributed by atoms with van der Waals surface area (Å²) in [6.45, 7) is 5.39. The highest BCUT2D eigenvalue weighted by atomic mass is 19.1. The Morgan fingerprint density at radius 2 is 1.81 bits per heavy atom. The summed E-state index contributed by atoms with van der Waals surface area (Å²) in [5.41, 5.74) is 1.15. The lowest BCUT2D eigenvalue weighted by Crippen LogP contribution is -2.25. The number of aryl methyl sites for hydroxylation is 1. The molecule has 0 aliphatic carbocycles. The molecule has 3 rings (SSSR count). The van der Waals surface area contributed by atoms with Gasteiger partial charge in [-0.2, -0.15) is 0 Å². The summed E-state index contributed by atoms with van der Waals surface area (Å²) in [5, 5.41) is 2.86. The predicted octanol–water partition coefficient (Wildman–Crippen LogP) is 4.71. The highest BCUT2D eigenvalue weighted by Crippen LogP contribution is 2.28. The third-order valence-corrected chi connectivity index (χ3v) is 4.66. The summed E-state index contributed by atoms with van der Waals surface area (Å²) in [7, 11) is 0. The fraction of sp³-hybridized carbons (Fsp3) is 0.333. The van der Waals surface area contributed by atoms with E-state index in [1.807, 2.05) is 32.0 Å². The van der Waals surface area contributed by atoms with E-state index in [1.165, 1.54) is 12.3 Å². The van der Waals surface area contributed by atoms with Crippen LogP contribution in [0, 0.1) is 11.6 Å². The van der Waals surface area contributed by atoms with Crippen LogP contribution in [0.25, 0.3) is 11.3 Å². The van der Waals surface area contributed by atoms with Crippen LogP contribution in [0.4, 0.5) is 8.78 Å². The smallest absolute Gasteiger partial charge is 0.220 e. The number of hydrogen-bond acceptors (Lipinski definition) is 5. The van der Waals surface area contributed by atoms with E-state index in [0.29, 0.717) is 43.6 Å². The lowest BCUT2D eigenvalue weighted by atomic mass is 10.1. The Bertz CT molecular complexity index is 1050. The van der Waals surface area contributed by atoms with Crippen LogP contribution < -0.4 is 14.8 Å². The number of rotatable bonds is 11. The Balaban J connectivity index is 1.47. The number of nitrogens with one attached hydrogen (secondary N) is 1. The third-order valence-electron chi connectivity index (χ3n) is 4.66. The van der Waals surface area contributed by atoms with Gasteiger partial charge in [-0.25, -0.2) is 13.8 Å². The zero-order valence-corrected chi connectivity index (χ0v) is 18.1. The largest absolute Gasteiger partial charge is 0.490 e. The molecule has 0 spiro atoms. The van der Waals surface area contributed by atoms with Crippen molar-refractivity contribution in [2.75, 3.05) is 19.8 Å². The van der Waals surface area contributed by atoms with Gasteiger partial charge in [0.2, 0.25) is 5.91 Å².